The fourth-order valence-electron chi connectivity index (χ4n) is 3.67. The molecule has 0 aliphatic rings. The lowest BCUT2D eigenvalue weighted by atomic mass is 9.87. The second kappa shape index (κ2) is 9.53. The summed E-state index contributed by atoms with van der Waals surface area (Å²) < 4.78 is 7.80. The van der Waals surface area contributed by atoms with Gasteiger partial charge in [0.05, 0.1) is 18.5 Å². The van der Waals surface area contributed by atoms with Gasteiger partial charge in [-0.05, 0) is 55.6 Å². The average Bonchev–Trinajstić information content (AvgIpc) is 3.01. The Morgan fingerprint density at radius 1 is 1.10 bits per heavy atom. The van der Waals surface area contributed by atoms with Crippen LogP contribution in [0.25, 0.3) is 10.2 Å². The zero-order valence-corrected chi connectivity index (χ0v) is 20.7. The molecule has 0 bridgehead atoms. The van der Waals surface area contributed by atoms with Crippen LogP contribution in [0.3, 0.4) is 0 Å². The highest BCUT2D eigenvalue weighted by Crippen LogP contribution is 2.27. The van der Waals surface area contributed by atoms with Crippen LogP contribution in [0.15, 0.2) is 29.1 Å². The van der Waals surface area contributed by atoms with E-state index in [0.29, 0.717) is 19.7 Å². The molecule has 0 saturated heterocycles. The van der Waals surface area contributed by atoms with E-state index in [1.165, 1.54) is 5.56 Å². The van der Waals surface area contributed by atoms with Crippen LogP contribution in [0.5, 0.6) is 5.75 Å². The van der Waals surface area contributed by atoms with Crippen molar-refractivity contribution >= 4 is 21.6 Å². The van der Waals surface area contributed by atoms with Gasteiger partial charge in [0.2, 0.25) is 0 Å². The van der Waals surface area contributed by atoms with Crippen molar-refractivity contribution in [3.05, 3.63) is 56.4 Å². The standard InChI is InChI=1S/C25H35N3O2S/c1-8-27(9-2)16-21-26-23-22(17(3)18(4)31-23)24(29)28(21)14-15-30-20-12-10-19(11-13-20)25(5,6)7/h10-13H,8-9,14-16H2,1-7H3. The van der Waals surface area contributed by atoms with Crippen molar-refractivity contribution in [3.63, 3.8) is 0 Å². The van der Waals surface area contributed by atoms with E-state index in [9.17, 15) is 4.79 Å². The molecule has 31 heavy (non-hydrogen) atoms. The third-order valence-corrected chi connectivity index (χ3v) is 7.03. The maximum Gasteiger partial charge on any atom is 0.262 e. The maximum atomic E-state index is 13.4. The molecule has 6 heteroatoms. The van der Waals surface area contributed by atoms with Crippen molar-refractivity contribution < 1.29 is 4.74 Å². The molecule has 5 nitrogen and oxygen atoms in total. The highest BCUT2D eigenvalue weighted by atomic mass is 32.1. The molecule has 0 aliphatic heterocycles. The first-order valence-corrected chi connectivity index (χ1v) is 11.9. The third-order valence-electron chi connectivity index (χ3n) is 5.93. The van der Waals surface area contributed by atoms with E-state index in [1.54, 1.807) is 11.3 Å². The van der Waals surface area contributed by atoms with E-state index >= 15 is 0 Å². The Balaban J connectivity index is 1.86. The summed E-state index contributed by atoms with van der Waals surface area (Å²) in [5.74, 6) is 1.64. The molecule has 0 aliphatic carbocycles. The van der Waals surface area contributed by atoms with Gasteiger partial charge in [-0.3, -0.25) is 14.3 Å². The van der Waals surface area contributed by atoms with Gasteiger partial charge in [-0.25, -0.2) is 4.98 Å². The number of benzene rings is 1. The zero-order valence-electron chi connectivity index (χ0n) is 19.9. The van der Waals surface area contributed by atoms with Crippen LogP contribution in [0.2, 0.25) is 0 Å². The molecule has 0 spiro atoms. The largest absolute Gasteiger partial charge is 0.492 e. The van der Waals surface area contributed by atoms with Crippen LogP contribution in [0.4, 0.5) is 0 Å². The molecular weight excluding hydrogens is 406 g/mol. The van der Waals surface area contributed by atoms with Crippen LogP contribution < -0.4 is 10.3 Å². The van der Waals surface area contributed by atoms with E-state index in [1.807, 2.05) is 23.6 Å². The molecule has 3 aromatic rings. The predicted molar refractivity (Wildman–Crippen MR) is 131 cm³/mol. The van der Waals surface area contributed by atoms with Gasteiger partial charge in [-0.1, -0.05) is 46.8 Å². The summed E-state index contributed by atoms with van der Waals surface area (Å²) in [4.78, 5) is 22.6. The van der Waals surface area contributed by atoms with Gasteiger partial charge in [0.15, 0.2) is 0 Å². The van der Waals surface area contributed by atoms with Gasteiger partial charge < -0.3 is 4.74 Å². The molecule has 0 amide bonds. The number of hydrogen-bond donors (Lipinski definition) is 0. The van der Waals surface area contributed by atoms with Crippen LogP contribution in [0, 0.1) is 13.8 Å². The van der Waals surface area contributed by atoms with Crippen LogP contribution in [0.1, 0.15) is 56.4 Å². The summed E-state index contributed by atoms with van der Waals surface area (Å²) in [6.45, 7) is 18.3. The Hall–Kier alpha value is -2.18. The lowest BCUT2D eigenvalue weighted by Crippen LogP contribution is -2.32. The fourth-order valence-corrected chi connectivity index (χ4v) is 4.71. The predicted octanol–water partition coefficient (Wildman–Crippen LogP) is 5.29. The summed E-state index contributed by atoms with van der Waals surface area (Å²) in [7, 11) is 0. The number of aryl methyl sites for hydroxylation is 2. The second-order valence-electron chi connectivity index (χ2n) is 9.03. The first-order valence-electron chi connectivity index (χ1n) is 11.1. The molecule has 0 saturated carbocycles. The lowest BCUT2D eigenvalue weighted by molar-refractivity contribution is 0.266. The smallest absolute Gasteiger partial charge is 0.262 e. The number of thiophene rings is 1. The highest BCUT2D eigenvalue weighted by Gasteiger charge is 2.18. The Morgan fingerprint density at radius 2 is 1.74 bits per heavy atom. The van der Waals surface area contributed by atoms with Gasteiger partial charge in [0.1, 0.15) is 23.0 Å². The van der Waals surface area contributed by atoms with E-state index in [-0.39, 0.29) is 11.0 Å². The number of nitrogens with zero attached hydrogens (tertiary/aromatic N) is 3. The minimum atomic E-state index is 0.0423. The molecule has 0 atom stereocenters. The summed E-state index contributed by atoms with van der Waals surface area (Å²) in [6.07, 6.45) is 0. The van der Waals surface area contributed by atoms with Crippen molar-refractivity contribution in [2.24, 2.45) is 0 Å². The monoisotopic (exact) mass is 441 g/mol. The molecule has 168 valence electrons. The summed E-state index contributed by atoms with van der Waals surface area (Å²) in [6, 6.07) is 8.23. The van der Waals surface area contributed by atoms with Crippen molar-refractivity contribution in [2.75, 3.05) is 19.7 Å². The van der Waals surface area contributed by atoms with Crippen LogP contribution in [-0.4, -0.2) is 34.1 Å². The van der Waals surface area contributed by atoms with E-state index < -0.39 is 0 Å². The third kappa shape index (κ3) is 5.18. The minimum Gasteiger partial charge on any atom is -0.492 e. The van der Waals surface area contributed by atoms with E-state index in [0.717, 1.165) is 45.3 Å². The Bertz CT molecular complexity index is 1090. The van der Waals surface area contributed by atoms with Crippen LogP contribution >= 0.6 is 11.3 Å². The second-order valence-corrected chi connectivity index (χ2v) is 10.2. The van der Waals surface area contributed by atoms with Gasteiger partial charge >= 0.3 is 0 Å². The lowest BCUT2D eigenvalue weighted by Gasteiger charge is -2.21. The van der Waals surface area contributed by atoms with E-state index in [4.69, 9.17) is 9.72 Å². The molecule has 0 fully saturated rings. The number of aromatic nitrogens is 2. The average molecular weight is 442 g/mol. The molecule has 2 heterocycles. The molecule has 0 unspecified atom stereocenters. The Morgan fingerprint density at radius 3 is 2.32 bits per heavy atom. The van der Waals surface area contributed by atoms with Gasteiger partial charge in [-0.2, -0.15) is 0 Å². The first kappa shape index (κ1) is 23.5. The van der Waals surface area contributed by atoms with Crippen molar-refractivity contribution in [1.82, 2.24) is 14.5 Å². The van der Waals surface area contributed by atoms with Crippen LogP contribution in [-0.2, 0) is 18.5 Å². The van der Waals surface area contributed by atoms with E-state index in [2.05, 4.69) is 58.6 Å². The number of ether oxygens (including phenoxy) is 1. The number of fused-ring (bicyclic) bond motifs is 1. The van der Waals surface area contributed by atoms with Gasteiger partial charge in [0, 0.05) is 4.88 Å². The maximum absolute atomic E-state index is 13.4. The molecule has 3 rings (SSSR count). The van der Waals surface area contributed by atoms with Crippen molar-refractivity contribution in [1.29, 1.82) is 0 Å². The number of rotatable bonds is 8. The minimum absolute atomic E-state index is 0.0423. The normalized spacial score (nSPS) is 12.1. The summed E-state index contributed by atoms with van der Waals surface area (Å²) in [5.41, 5.74) is 2.47. The quantitative estimate of drug-likeness (QED) is 0.476. The molecular formula is C25H35N3O2S. The highest BCUT2D eigenvalue weighted by molar-refractivity contribution is 7.18. The van der Waals surface area contributed by atoms with Gasteiger partial charge in [-0.15, -0.1) is 11.3 Å². The topological polar surface area (TPSA) is 47.4 Å². The van der Waals surface area contributed by atoms with Gasteiger partial charge in [0.25, 0.3) is 5.56 Å². The summed E-state index contributed by atoms with van der Waals surface area (Å²) in [5, 5.41) is 0.750. The molecule has 0 radical (unpaired) electrons. The Labute approximate surface area is 189 Å². The fraction of sp³-hybridized carbons (Fsp3) is 0.520. The Kier molecular flexibility index (Phi) is 7.22. The number of hydrogen-bond acceptors (Lipinski definition) is 5. The molecule has 0 N–H and O–H groups in total. The van der Waals surface area contributed by atoms with Crippen molar-refractivity contribution in [2.45, 2.75) is 67.0 Å². The summed E-state index contributed by atoms with van der Waals surface area (Å²) >= 11 is 1.61. The SMILES string of the molecule is CCN(CC)Cc1nc2sc(C)c(C)c2c(=O)n1CCOc1ccc(C(C)(C)C)cc1. The zero-order chi connectivity index (χ0) is 22.8. The molecule has 2 aromatic heterocycles. The van der Waals surface area contributed by atoms with Crippen molar-refractivity contribution in [3.8, 4) is 5.75 Å². The molecule has 1 aromatic carbocycles. The first-order chi connectivity index (χ1) is 14.7.